The van der Waals surface area contributed by atoms with Gasteiger partial charge in [-0.05, 0) is 55.5 Å². The van der Waals surface area contributed by atoms with E-state index in [-0.39, 0.29) is 11.7 Å². The molecule has 0 fully saturated rings. The van der Waals surface area contributed by atoms with Crippen molar-refractivity contribution in [3.05, 3.63) is 52.4 Å². The highest BCUT2D eigenvalue weighted by molar-refractivity contribution is 7.97. The first kappa shape index (κ1) is 15.8. The van der Waals surface area contributed by atoms with Gasteiger partial charge in [0.15, 0.2) is 0 Å². The van der Waals surface area contributed by atoms with Crippen LogP contribution in [-0.2, 0) is 0 Å². The maximum Gasteiger partial charge on any atom is 0.261 e. The number of carbonyl (C=O) groups is 1. The third-order valence-corrected chi connectivity index (χ3v) is 4.20. The van der Waals surface area contributed by atoms with Crippen LogP contribution < -0.4 is 4.72 Å². The molecule has 21 heavy (non-hydrogen) atoms. The molecule has 0 atom stereocenters. The fraction of sp³-hybridized carbons (Fsp3) is 0.353. The number of amides is 1. The minimum Gasteiger partial charge on any atom is -0.296 e. The van der Waals surface area contributed by atoms with Crippen LogP contribution in [-0.4, -0.2) is 11.7 Å². The Labute approximate surface area is 129 Å². The lowest BCUT2D eigenvalue weighted by atomic mass is 9.90. The van der Waals surface area contributed by atoms with E-state index in [4.69, 9.17) is 0 Å². The second-order valence-electron chi connectivity index (χ2n) is 5.14. The van der Waals surface area contributed by atoms with Crippen LogP contribution >= 0.6 is 11.9 Å². The van der Waals surface area contributed by atoms with E-state index in [1.807, 2.05) is 32.9 Å². The molecule has 0 spiro atoms. The Bertz CT molecular complexity index is 619. The monoisotopic (exact) mass is 305 g/mol. The maximum absolute atomic E-state index is 14.3. The Kier molecular flexibility index (Phi) is 5.23. The molecule has 0 saturated carbocycles. The first-order valence-corrected chi connectivity index (χ1v) is 8.12. The lowest BCUT2D eigenvalue weighted by Gasteiger charge is -2.17. The normalized spacial score (nSPS) is 15.0. The zero-order valence-corrected chi connectivity index (χ0v) is 13.4. The largest absolute Gasteiger partial charge is 0.296 e. The standard InChI is InChI=1S/C17H20FNOS/c1-4-21-19-17(20)13-9-8-11(2)15(10-13)14-7-5-6-12(3)16(14)18/h7-10H,4-6H2,1-3H3,(H,19,20). The fourth-order valence-electron chi connectivity index (χ4n) is 2.34. The average Bonchev–Trinajstić information content (AvgIpc) is 2.48. The molecule has 0 unspecified atom stereocenters. The molecule has 2 nitrogen and oxygen atoms in total. The molecule has 1 aliphatic carbocycles. The molecule has 0 bridgehead atoms. The highest BCUT2D eigenvalue weighted by Gasteiger charge is 2.18. The zero-order chi connectivity index (χ0) is 15.4. The minimum absolute atomic E-state index is 0.138. The van der Waals surface area contributed by atoms with Crippen LogP contribution in [0.5, 0.6) is 0 Å². The molecule has 0 heterocycles. The summed E-state index contributed by atoms with van der Waals surface area (Å²) in [7, 11) is 0. The first-order valence-electron chi connectivity index (χ1n) is 7.13. The van der Waals surface area contributed by atoms with Gasteiger partial charge in [-0.3, -0.25) is 9.52 Å². The highest BCUT2D eigenvalue weighted by Crippen LogP contribution is 2.35. The predicted octanol–water partition coefficient (Wildman–Crippen LogP) is 4.81. The summed E-state index contributed by atoms with van der Waals surface area (Å²) in [5.41, 5.74) is 3.75. The Balaban J connectivity index is 2.36. The van der Waals surface area contributed by atoms with Crippen molar-refractivity contribution in [3.63, 3.8) is 0 Å². The van der Waals surface area contributed by atoms with Crippen LogP contribution in [0.2, 0.25) is 0 Å². The van der Waals surface area contributed by atoms with Gasteiger partial charge in [0.1, 0.15) is 5.83 Å². The minimum atomic E-state index is -0.148. The van der Waals surface area contributed by atoms with Gasteiger partial charge >= 0.3 is 0 Å². The van der Waals surface area contributed by atoms with E-state index >= 15 is 0 Å². The van der Waals surface area contributed by atoms with E-state index in [1.165, 1.54) is 11.9 Å². The molecule has 0 saturated heterocycles. The van der Waals surface area contributed by atoms with Crippen molar-refractivity contribution in [2.45, 2.75) is 33.6 Å². The lowest BCUT2D eigenvalue weighted by molar-refractivity contribution is 0.0984. The summed E-state index contributed by atoms with van der Waals surface area (Å²) in [6.07, 6.45) is 3.53. The summed E-state index contributed by atoms with van der Waals surface area (Å²) < 4.78 is 17.1. The molecule has 112 valence electrons. The SMILES string of the molecule is CCSNC(=O)c1ccc(C)c(C2=CCCC(C)=C2F)c1. The number of halogens is 1. The van der Waals surface area contributed by atoms with Crippen LogP contribution in [0.3, 0.4) is 0 Å². The van der Waals surface area contributed by atoms with Gasteiger partial charge in [-0.1, -0.05) is 31.0 Å². The molecule has 0 aromatic heterocycles. The quantitative estimate of drug-likeness (QED) is 0.809. The number of rotatable bonds is 4. The maximum atomic E-state index is 14.3. The summed E-state index contributed by atoms with van der Waals surface area (Å²) in [6, 6.07) is 5.44. The second-order valence-corrected chi connectivity index (χ2v) is 6.21. The van der Waals surface area contributed by atoms with E-state index in [9.17, 15) is 9.18 Å². The molecular weight excluding hydrogens is 285 g/mol. The number of carbonyl (C=O) groups excluding carboxylic acids is 1. The summed E-state index contributed by atoms with van der Waals surface area (Å²) in [5, 5.41) is 0. The van der Waals surface area contributed by atoms with Crippen molar-refractivity contribution in [2.75, 3.05) is 5.75 Å². The van der Waals surface area contributed by atoms with Gasteiger partial charge in [-0.15, -0.1) is 0 Å². The summed E-state index contributed by atoms with van der Waals surface area (Å²) in [4.78, 5) is 12.0. The van der Waals surface area contributed by atoms with E-state index in [1.54, 1.807) is 12.1 Å². The Morgan fingerprint density at radius 3 is 2.86 bits per heavy atom. The van der Waals surface area contributed by atoms with Crippen molar-refractivity contribution in [2.24, 2.45) is 0 Å². The van der Waals surface area contributed by atoms with Crippen LogP contribution in [0.15, 0.2) is 35.7 Å². The summed E-state index contributed by atoms with van der Waals surface area (Å²) >= 11 is 1.36. The van der Waals surface area contributed by atoms with Crippen LogP contribution in [0.4, 0.5) is 4.39 Å². The van der Waals surface area contributed by atoms with Gasteiger partial charge in [-0.2, -0.15) is 0 Å². The van der Waals surface area contributed by atoms with Crippen molar-refractivity contribution >= 4 is 23.4 Å². The Hall–Kier alpha value is -1.55. The summed E-state index contributed by atoms with van der Waals surface area (Å²) in [5.74, 6) is 0.525. The summed E-state index contributed by atoms with van der Waals surface area (Å²) in [6.45, 7) is 5.74. The van der Waals surface area contributed by atoms with Crippen LogP contribution in [0.25, 0.3) is 5.57 Å². The molecule has 1 N–H and O–H groups in total. The van der Waals surface area contributed by atoms with Gasteiger partial charge in [0, 0.05) is 16.9 Å². The molecule has 1 aliphatic rings. The zero-order valence-electron chi connectivity index (χ0n) is 12.6. The van der Waals surface area contributed by atoms with Gasteiger partial charge < -0.3 is 0 Å². The smallest absolute Gasteiger partial charge is 0.261 e. The van der Waals surface area contributed by atoms with Crippen molar-refractivity contribution < 1.29 is 9.18 Å². The van der Waals surface area contributed by atoms with Crippen molar-refractivity contribution in [1.82, 2.24) is 4.72 Å². The third-order valence-electron chi connectivity index (χ3n) is 3.58. The fourth-order valence-corrected chi connectivity index (χ4v) is 2.73. The second kappa shape index (κ2) is 6.94. The molecule has 0 aliphatic heterocycles. The van der Waals surface area contributed by atoms with E-state index in [2.05, 4.69) is 4.72 Å². The lowest BCUT2D eigenvalue weighted by Crippen LogP contribution is -2.16. The molecule has 0 radical (unpaired) electrons. The number of aryl methyl sites for hydroxylation is 1. The average molecular weight is 305 g/mol. The van der Waals surface area contributed by atoms with Crippen LogP contribution in [0.1, 0.15) is 48.2 Å². The Morgan fingerprint density at radius 1 is 1.38 bits per heavy atom. The van der Waals surface area contributed by atoms with Gasteiger partial charge in [-0.25, -0.2) is 4.39 Å². The van der Waals surface area contributed by atoms with Crippen molar-refractivity contribution in [3.8, 4) is 0 Å². The van der Waals surface area contributed by atoms with Gasteiger partial charge in [0.25, 0.3) is 5.91 Å². The number of benzene rings is 1. The van der Waals surface area contributed by atoms with E-state index < -0.39 is 0 Å². The number of allylic oxidation sites excluding steroid dienone is 4. The first-order chi connectivity index (χ1) is 10.0. The molecule has 1 amide bonds. The highest BCUT2D eigenvalue weighted by atomic mass is 32.2. The van der Waals surface area contributed by atoms with Gasteiger partial charge in [0.2, 0.25) is 0 Å². The predicted molar refractivity (Wildman–Crippen MR) is 87.8 cm³/mol. The number of nitrogens with one attached hydrogen (secondary N) is 1. The molecule has 2 rings (SSSR count). The van der Waals surface area contributed by atoms with E-state index in [0.29, 0.717) is 11.1 Å². The number of hydrogen-bond donors (Lipinski definition) is 1. The Morgan fingerprint density at radius 2 is 2.14 bits per heavy atom. The van der Waals surface area contributed by atoms with E-state index in [0.717, 1.165) is 35.3 Å². The topological polar surface area (TPSA) is 29.1 Å². The molecule has 1 aromatic carbocycles. The molecular formula is C17H20FNOS. The van der Waals surface area contributed by atoms with Crippen LogP contribution in [0, 0.1) is 6.92 Å². The van der Waals surface area contributed by atoms with Gasteiger partial charge in [0.05, 0.1) is 0 Å². The third kappa shape index (κ3) is 3.56. The molecule has 4 heteroatoms. The molecule has 1 aromatic rings. The number of hydrogen-bond acceptors (Lipinski definition) is 2. The van der Waals surface area contributed by atoms with Crippen molar-refractivity contribution in [1.29, 1.82) is 0 Å².